The lowest BCUT2D eigenvalue weighted by atomic mass is 9.84. The number of fused-ring (bicyclic) bond motifs is 4. The molecular formula is C30H10Br4O2. The topological polar surface area (TPSA) is 34.1 Å². The maximum atomic E-state index is 13.8. The van der Waals surface area contributed by atoms with E-state index in [2.05, 4.69) is 69.8 Å². The first-order valence-electron chi connectivity index (χ1n) is 11.2. The molecule has 0 spiro atoms. The third-order valence-electron chi connectivity index (χ3n) is 7.56. The van der Waals surface area contributed by atoms with E-state index >= 15 is 0 Å². The highest BCUT2D eigenvalue weighted by Crippen LogP contribution is 2.53. The Kier molecular flexibility index (Phi) is 4.30. The first kappa shape index (κ1) is 21.7. The fourth-order valence-electron chi connectivity index (χ4n) is 6.16. The second-order valence-corrected chi connectivity index (χ2v) is 12.4. The van der Waals surface area contributed by atoms with Gasteiger partial charge in [0, 0.05) is 66.4 Å². The molecule has 0 aliphatic carbocycles. The zero-order chi connectivity index (χ0) is 24.6. The van der Waals surface area contributed by atoms with Crippen LogP contribution in [0.15, 0.2) is 88.1 Å². The minimum absolute atomic E-state index is 0.00372. The predicted molar refractivity (Wildman–Crippen MR) is 166 cm³/mol. The number of benzene rings is 8. The van der Waals surface area contributed by atoms with Crippen molar-refractivity contribution in [3.8, 4) is 0 Å². The van der Waals surface area contributed by atoms with E-state index < -0.39 is 0 Å². The number of rotatable bonds is 0. The van der Waals surface area contributed by atoms with Crippen LogP contribution in [0.4, 0.5) is 0 Å². The highest BCUT2D eigenvalue weighted by atomic mass is 79.9. The lowest BCUT2D eigenvalue weighted by Gasteiger charge is -2.22. The van der Waals surface area contributed by atoms with Crippen molar-refractivity contribution in [2.45, 2.75) is 0 Å². The molecule has 0 saturated carbocycles. The van der Waals surface area contributed by atoms with Gasteiger partial charge in [0.2, 0.25) is 0 Å². The summed E-state index contributed by atoms with van der Waals surface area (Å²) in [6.07, 6.45) is 0. The second kappa shape index (κ2) is 7.13. The number of hydrogen-bond acceptors (Lipinski definition) is 2. The monoisotopic (exact) mass is 718 g/mol. The summed E-state index contributed by atoms with van der Waals surface area (Å²) >= 11 is 15.3. The molecule has 0 fully saturated rings. The molecule has 8 rings (SSSR count). The van der Waals surface area contributed by atoms with Crippen LogP contribution in [0, 0.1) is 0 Å². The van der Waals surface area contributed by atoms with Crippen molar-refractivity contribution in [2.24, 2.45) is 0 Å². The number of halogens is 4. The molecule has 0 bridgehead atoms. The Morgan fingerprint density at radius 2 is 0.972 bits per heavy atom. The van der Waals surface area contributed by atoms with Crippen LogP contribution in [0.25, 0.3) is 75.4 Å². The Morgan fingerprint density at radius 1 is 0.417 bits per heavy atom. The smallest absolute Gasteiger partial charge is 0.195 e. The summed E-state index contributed by atoms with van der Waals surface area (Å²) in [7, 11) is 0. The molecule has 6 heteroatoms. The zero-order valence-electron chi connectivity index (χ0n) is 18.1. The van der Waals surface area contributed by atoms with Crippen LogP contribution >= 0.6 is 63.7 Å². The van der Waals surface area contributed by atoms with Crippen LogP contribution in [-0.4, -0.2) is 0 Å². The van der Waals surface area contributed by atoms with Gasteiger partial charge >= 0.3 is 0 Å². The fourth-order valence-corrected chi connectivity index (χ4v) is 9.04. The van der Waals surface area contributed by atoms with Gasteiger partial charge in [0.05, 0.1) is 0 Å². The zero-order valence-corrected chi connectivity index (χ0v) is 24.4. The molecule has 0 saturated heterocycles. The third kappa shape index (κ3) is 2.38. The summed E-state index contributed by atoms with van der Waals surface area (Å²) in [5.41, 5.74) is -0.00102. The molecular weight excluding hydrogens is 712 g/mol. The van der Waals surface area contributed by atoms with E-state index in [1.54, 1.807) is 0 Å². The number of hydrogen-bond donors (Lipinski definition) is 0. The molecule has 0 aliphatic rings. The molecule has 8 aromatic carbocycles. The van der Waals surface area contributed by atoms with Gasteiger partial charge in [-0.15, -0.1) is 0 Å². The van der Waals surface area contributed by atoms with Crippen LogP contribution < -0.4 is 10.9 Å². The third-order valence-corrected chi connectivity index (χ3v) is 11.1. The normalized spacial score (nSPS) is 12.7. The molecule has 0 heterocycles. The van der Waals surface area contributed by atoms with E-state index in [1.165, 1.54) is 0 Å². The maximum absolute atomic E-state index is 13.8. The standard InChI is InChI=1S/C30H10Br4O2/c31-17-10-11-9-16-12-5-1-3-7-14(12)30(36)25-19(16)22-18(11)23-20(26(32)24(22)27(33)28(25)34)13-6-2-4-8-15(13)29(35)21(17)23/h1-10H. The Bertz CT molecular complexity index is 2400. The van der Waals surface area contributed by atoms with Crippen molar-refractivity contribution < 1.29 is 0 Å². The summed E-state index contributed by atoms with van der Waals surface area (Å²) in [5.74, 6) is 0. The minimum atomic E-state index is -0.00475. The molecule has 0 atom stereocenters. The Labute approximate surface area is 236 Å². The van der Waals surface area contributed by atoms with Crippen LogP contribution in [0.3, 0.4) is 0 Å². The summed E-state index contributed by atoms with van der Waals surface area (Å²) < 4.78 is 3.23. The lowest BCUT2D eigenvalue weighted by Crippen LogP contribution is -2.08. The van der Waals surface area contributed by atoms with Crippen molar-refractivity contribution in [3.05, 3.63) is 99.0 Å². The molecule has 8 aromatic rings. The quantitative estimate of drug-likeness (QED) is 0.115. The maximum Gasteiger partial charge on any atom is 0.195 e. The molecule has 2 nitrogen and oxygen atoms in total. The van der Waals surface area contributed by atoms with E-state index in [9.17, 15) is 9.59 Å². The van der Waals surface area contributed by atoms with E-state index in [0.29, 0.717) is 21.5 Å². The van der Waals surface area contributed by atoms with Crippen LogP contribution in [0.1, 0.15) is 0 Å². The molecule has 170 valence electrons. The molecule has 0 amide bonds. The van der Waals surface area contributed by atoms with Crippen LogP contribution in [0.5, 0.6) is 0 Å². The van der Waals surface area contributed by atoms with Gasteiger partial charge in [0.25, 0.3) is 0 Å². The highest BCUT2D eigenvalue weighted by Gasteiger charge is 2.28. The van der Waals surface area contributed by atoms with E-state index in [1.807, 2.05) is 54.6 Å². The van der Waals surface area contributed by atoms with E-state index in [-0.39, 0.29) is 10.9 Å². The molecule has 0 N–H and O–H groups in total. The van der Waals surface area contributed by atoms with E-state index in [4.69, 9.17) is 0 Å². The largest absolute Gasteiger partial charge is 0.289 e. The molecule has 0 aromatic heterocycles. The molecule has 36 heavy (non-hydrogen) atoms. The van der Waals surface area contributed by atoms with E-state index in [0.717, 1.165) is 71.8 Å². The summed E-state index contributed by atoms with van der Waals surface area (Å²) in [6, 6.07) is 19.8. The van der Waals surface area contributed by atoms with Gasteiger partial charge < -0.3 is 0 Å². The van der Waals surface area contributed by atoms with Crippen LogP contribution in [-0.2, 0) is 0 Å². The van der Waals surface area contributed by atoms with Gasteiger partial charge in [0.15, 0.2) is 10.9 Å². The second-order valence-electron chi connectivity index (χ2n) is 9.20. The fraction of sp³-hybridized carbons (Fsp3) is 0. The summed E-state index contributed by atoms with van der Waals surface area (Å²) in [4.78, 5) is 27.6. The average molecular weight is 722 g/mol. The van der Waals surface area contributed by atoms with Gasteiger partial charge in [-0.3, -0.25) is 9.59 Å². The van der Waals surface area contributed by atoms with Crippen molar-refractivity contribution in [2.75, 3.05) is 0 Å². The van der Waals surface area contributed by atoms with Crippen molar-refractivity contribution in [1.29, 1.82) is 0 Å². The average Bonchev–Trinajstić information content (AvgIpc) is 2.88. The molecule has 0 unspecified atom stereocenters. The SMILES string of the molecule is O=c1c2ccccc2c2cc3cc(Br)c4c(=O)c5ccccc5c5c(Br)c6c(Br)c(Br)c1c2c6c3c45. The summed E-state index contributed by atoms with van der Waals surface area (Å²) in [5, 5.41) is 12.4. The first-order valence-corrected chi connectivity index (χ1v) is 14.4. The molecule has 0 radical (unpaired) electrons. The molecule has 0 aliphatic heterocycles. The van der Waals surface area contributed by atoms with Gasteiger partial charge in [-0.25, -0.2) is 0 Å². The lowest BCUT2D eigenvalue weighted by molar-refractivity contribution is 1.67. The van der Waals surface area contributed by atoms with Gasteiger partial charge in [0.1, 0.15) is 0 Å². The van der Waals surface area contributed by atoms with Crippen molar-refractivity contribution >= 4 is 139 Å². The first-order chi connectivity index (χ1) is 17.4. The minimum Gasteiger partial charge on any atom is -0.289 e. The van der Waals surface area contributed by atoms with Crippen molar-refractivity contribution in [3.63, 3.8) is 0 Å². The van der Waals surface area contributed by atoms with Crippen molar-refractivity contribution in [1.82, 2.24) is 0 Å². The Morgan fingerprint density at radius 3 is 1.69 bits per heavy atom. The summed E-state index contributed by atoms with van der Waals surface area (Å²) in [6.45, 7) is 0. The van der Waals surface area contributed by atoms with Gasteiger partial charge in [-0.05, 0) is 103 Å². The highest BCUT2D eigenvalue weighted by molar-refractivity contribution is 9.13. The van der Waals surface area contributed by atoms with Gasteiger partial charge in [-0.1, -0.05) is 48.5 Å². The van der Waals surface area contributed by atoms with Crippen LogP contribution in [0.2, 0.25) is 0 Å². The Balaban J connectivity index is 1.89. The Hall–Kier alpha value is -2.38. The predicted octanol–water partition coefficient (Wildman–Crippen LogP) is 9.84. The van der Waals surface area contributed by atoms with Gasteiger partial charge in [-0.2, -0.15) is 0 Å².